The van der Waals surface area contributed by atoms with Gasteiger partial charge in [-0.05, 0) is 5.41 Å². The van der Waals surface area contributed by atoms with Crippen molar-refractivity contribution in [3.8, 4) is 0 Å². The maximum atomic E-state index is 2.30. The summed E-state index contributed by atoms with van der Waals surface area (Å²) in [4.78, 5) is 0. The van der Waals surface area contributed by atoms with Crippen molar-refractivity contribution < 1.29 is 0 Å². The van der Waals surface area contributed by atoms with Gasteiger partial charge in [-0.3, -0.25) is 0 Å². The Morgan fingerprint density at radius 1 is 0.500 bits per heavy atom. The fraction of sp³-hybridized carbons (Fsp3) is 1.00. The molecule has 0 aromatic rings. The largest absolute Gasteiger partial charge is 0.0654 e. The molecule has 0 heteroatoms. The summed E-state index contributed by atoms with van der Waals surface area (Å²) >= 11 is 0. The van der Waals surface area contributed by atoms with Crippen LogP contribution in [-0.4, -0.2) is 0 Å². The normalized spacial score (nSPS) is 10.9. The van der Waals surface area contributed by atoms with Crippen LogP contribution in [0, 0.1) is 5.41 Å². The zero-order chi connectivity index (χ0) is 12.9. The topological polar surface area (TPSA) is 0 Å². The monoisotopic (exact) mass is 228 g/mol. The summed E-state index contributed by atoms with van der Waals surface area (Å²) in [6.45, 7) is 13.7. The minimum absolute atomic E-state index is 0.667. The molecule has 100 valence electrons. The van der Waals surface area contributed by atoms with Gasteiger partial charge in [-0.15, -0.1) is 0 Å². The molecule has 0 nitrogen and oxygen atoms in total. The molecule has 0 saturated heterocycles. The molecule has 0 atom stereocenters. The first kappa shape index (κ1) is 18.4. The Kier molecular flexibility index (Phi) is 15.0. The Morgan fingerprint density at radius 2 is 0.812 bits per heavy atom. The van der Waals surface area contributed by atoms with Crippen molar-refractivity contribution in [2.45, 2.75) is 99.3 Å². The van der Waals surface area contributed by atoms with E-state index in [2.05, 4.69) is 41.5 Å². The Hall–Kier alpha value is 0. The van der Waals surface area contributed by atoms with Gasteiger partial charge in [0.2, 0.25) is 0 Å². The Morgan fingerprint density at radius 3 is 0.938 bits per heavy atom. The van der Waals surface area contributed by atoms with Crippen molar-refractivity contribution in [3.63, 3.8) is 0 Å². The van der Waals surface area contributed by atoms with Gasteiger partial charge in [0.05, 0.1) is 0 Å². The zero-order valence-corrected chi connectivity index (χ0v) is 12.9. The summed E-state index contributed by atoms with van der Waals surface area (Å²) in [6, 6.07) is 0. The first-order chi connectivity index (χ1) is 7.66. The van der Waals surface area contributed by atoms with Crippen molar-refractivity contribution in [2.24, 2.45) is 5.41 Å². The summed E-state index contributed by atoms with van der Waals surface area (Å²) < 4.78 is 0. The van der Waals surface area contributed by atoms with Crippen LogP contribution in [0.4, 0.5) is 0 Å². The second kappa shape index (κ2) is 13.1. The summed E-state index contributed by atoms with van der Waals surface area (Å²) in [5.74, 6) is 0. The van der Waals surface area contributed by atoms with Crippen LogP contribution < -0.4 is 0 Å². The van der Waals surface area contributed by atoms with Gasteiger partial charge in [0.1, 0.15) is 0 Å². The Labute approximate surface area is 105 Å². The molecule has 0 N–H and O–H groups in total. The van der Waals surface area contributed by atoms with Gasteiger partial charge >= 0.3 is 0 Å². The van der Waals surface area contributed by atoms with E-state index in [0.717, 1.165) is 0 Å². The minimum Gasteiger partial charge on any atom is -0.0654 e. The zero-order valence-electron chi connectivity index (χ0n) is 12.9. The third-order valence-electron chi connectivity index (χ3n) is 4.21. The standard InChI is InChI=1S/C9H20.C7H16/c1-5-9(6-2,7-3)8-4;1-3-5-7-6-4-2/h5-8H2,1-4H3;3-7H2,1-2H3. The Balaban J connectivity index is 0. The van der Waals surface area contributed by atoms with Gasteiger partial charge in [-0.2, -0.15) is 0 Å². The second-order valence-corrected chi connectivity index (χ2v) is 4.97. The molecule has 0 aromatic heterocycles. The van der Waals surface area contributed by atoms with E-state index in [4.69, 9.17) is 0 Å². The van der Waals surface area contributed by atoms with Gasteiger partial charge in [0.25, 0.3) is 0 Å². The molecular weight excluding hydrogens is 192 g/mol. The second-order valence-electron chi connectivity index (χ2n) is 4.97. The van der Waals surface area contributed by atoms with Crippen LogP contribution in [-0.2, 0) is 0 Å². The van der Waals surface area contributed by atoms with Crippen LogP contribution in [0.3, 0.4) is 0 Å². The van der Waals surface area contributed by atoms with Crippen molar-refractivity contribution >= 4 is 0 Å². The average Bonchev–Trinajstić information content (AvgIpc) is 2.34. The van der Waals surface area contributed by atoms with Gasteiger partial charge in [0.15, 0.2) is 0 Å². The molecule has 0 saturated carbocycles. The fourth-order valence-corrected chi connectivity index (χ4v) is 2.18. The molecule has 0 aromatic carbocycles. The predicted octanol–water partition coefficient (Wildman–Crippen LogP) is 6.59. The number of unbranched alkanes of at least 4 members (excludes halogenated alkanes) is 4. The van der Waals surface area contributed by atoms with Crippen molar-refractivity contribution in [1.82, 2.24) is 0 Å². The van der Waals surface area contributed by atoms with Crippen molar-refractivity contribution in [1.29, 1.82) is 0 Å². The van der Waals surface area contributed by atoms with Crippen LogP contribution in [0.5, 0.6) is 0 Å². The molecule has 0 heterocycles. The van der Waals surface area contributed by atoms with Crippen molar-refractivity contribution in [2.75, 3.05) is 0 Å². The molecule has 0 aliphatic heterocycles. The lowest BCUT2D eigenvalue weighted by atomic mass is 9.78. The molecule has 0 aliphatic rings. The van der Waals surface area contributed by atoms with Crippen LogP contribution in [0.15, 0.2) is 0 Å². The number of hydrogen-bond acceptors (Lipinski definition) is 0. The molecule has 0 spiro atoms. The van der Waals surface area contributed by atoms with Gasteiger partial charge in [0, 0.05) is 0 Å². The average molecular weight is 228 g/mol. The van der Waals surface area contributed by atoms with E-state index in [1.807, 2.05) is 0 Å². The van der Waals surface area contributed by atoms with Gasteiger partial charge < -0.3 is 0 Å². The maximum Gasteiger partial charge on any atom is -0.0308 e. The van der Waals surface area contributed by atoms with Gasteiger partial charge in [-0.25, -0.2) is 0 Å². The lowest BCUT2D eigenvalue weighted by Crippen LogP contribution is -2.15. The SMILES string of the molecule is CCC(CC)(CC)CC.CCCCCCC. The predicted molar refractivity (Wildman–Crippen MR) is 78.0 cm³/mol. The number of rotatable bonds is 8. The van der Waals surface area contributed by atoms with Gasteiger partial charge in [-0.1, -0.05) is 99.3 Å². The molecule has 0 bridgehead atoms. The smallest absolute Gasteiger partial charge is 0.0308 e. The summed E-state index contributed by atoms with van der Waals surface area (Å²) in [5, 5.41) is 0. The first-order valence-corrected chi connectivity index (χ1v) is 7.66. The molecule has 0 aliphatic carbocycles. The maximum absolute atomic E-state index is 2.30. The molecule has 16 heavy (non-hydrogen) atoms. The quantitative estimate of drug-likeness (QED) is 0.411. The van der Waals surface area contributed by atoms with Crippen LogP contribution in [0.2, 0.25) is 0 Å². The van der Waals surface area contributed by atoms with Crippen molar-refractivity contribution in [3.05, 3.63) is 0 Å². The van der Waals surface area contributed by atoms with E-state index in [-0.39, 0.29) is 0 Å². The highest BCUT2D eigenvalue weighted by Gasteiger charge is 2.20. The molecule has 0 fully saturated rings. The van der Waals surface area contributed by atoms with E-state index in [1.54, 1.807) is 0 Å². The lowest BCUT2D eigenvalue weighted by Gasteiger charge is -2.28. The van der Waals surface area contributed by atoms with Crippen LogP contribution in [0.25, 0.3) is 0 Å². The lowest BCUT2D eigenvalue weighted by molar-refractivity contribution is 0.240. The molecule has 0 rings (SSSR count). The molecule has 0 radical (unpaired) electrons. The highest BCUT2D eigenvalue weighted by molar-refractivity contribution is 4.72. The first-order valence-electron chi connectivity index (χ1n) is 7.66. The number of hydrogen-bond donors (Lipinski definition) is 0. The minimum atomic E-state index is 0.667. The molecular formula is C16H36. The highest BCUT2D eigenvalue weighted by Crippen LogP contribution is 2.33. The van der Waals surface area contributed by atoms with Crippen LogP contribution >= 0.6 is 0 Å². The van der Waals surface area contributed by atoms with E-state index in [0.29, 0.717) is 5.41 Å². The van der Waals surface area contributed by atoms with E-state index in [1.165, 1.54) is 57.8 Å². The van der Waals surface area contributed by atoms with E-state index >= 15 is 0 Å². The summed E-state index contributed by atoms with van der Waals surface area (Å²) in [5.41, 5.74) is 0.667. The summed E-state index contributed by atoms with van der Waals surface area (Å²) in [7, 11) is 0. The van der Waals surface area contributed by atoms with E-state index < -0.39 is 0 Å². The third kappa shape index (κ3) is 9.24. The van der Waals surface area contributed by atoms with E-state index in [9.17, 15) is 0 Å². The summed E-state index contributed by atoms with van der Waals surface area (Å²) in [6.07, 6.45) is 12.4. The highest BCUT2D eigenvalue weighted by atomic mass is 14.3. The molecule has 0 unspecified atom stereocenters. The third-order valence-corrected chi connectivity index (χ3v) is 4.21. The molecule has 0 amide bonds. The fourth-order valence-electron chi connectivity index (χ4n) is 2.18. The Bertz CT molecular complexity index is 89.7. The van der Waals surface area contributed by atoms with Crippen LogP contribution in [0.1, 0.15) is 99.3 Å².